The Kier molecular flexibility index (Phi) is 9.42. The van der Waals surface area contributed by atoms with Crippen molar-refractivity contribution in [2.75, 3.05) is 0 Å². The van der Waals surface area contributed by atoms with Crippen molar-refractivity contribution in [3.63, 3.8) is 0 Å². The molecule has 32 heavy (non-hydrogen) atoms. The van der Waals surface area contributed by atoms with Crippen LogP contribution in [-0.4, -0.2) is 5.78 Å². The Balaban J connectivity index is 2.48. The summed E-state index contributed by atoms with van der Waals surface area (Å²) in [6.45, 7) is 11.7. The highest BCUT2D eigenvalue weighted by Gasteiger charge is 2.54. The first-order valence-corrected chi connectivity index (χ1v) is 12.5. The number of rotatable bonds is 12. The third-order valence-corrected chi connectivity index (χ3v) is 6.64. The van der Waals surface area contributed by atoms with Gasteiger partial charge in [0.2, 0.25) is 17.0 Å². The average molecular weight is 476 g/mol. The van der Waals surface area contributed by atoms with Crippen molar-refractivity contribution < 1.29 is 23.0 Å². The Labute approximate surface area is 194 Å². The van der Waals surface area contributed by atoms with Crippen molar-refractivity contribution >= 4 is 23.2 Å². The highest BCUT2D eigenvalue weighted by molar-refractivity contribution is 7.17. The third kappa shape index (κ3) is 6.17. The van der Waals surface area contributed by atoms with Gasteiger partial charge in [-0.1, -0.05) is 76.2 Å². The standard InChI is InChI=1S/C25H34O5P2/c1-17(2)15-19-7-11-21(12-8-19)24(5,29-31-27)23(26)25(6,30-32-28)22-13-9-20(10-14-22)16-18(3)4/h7-14,17-18,31-32H,15-16H2,1-6H3/q+2. The van der Waals surface area contributed by atoms with Gasteiger partial charge in [-0.05, 0) is 69.9 Å². The van der Waals surface area contributed by atoms with Crippen LogP contribution in [0.1, 0.15) is 63.8 Å². The summed E-state index contributed by atoms with van der Waals surface area (Å²) >= 11 is 0. The molecule has 4 unspecified atom stereocenters. The van der Waals surface area contributed by atoms with E-state index in [0.29, 0.717) is 23.0 Å². The second-order valence-corrected chi connectivity index (χ2v) is 10.1. The average Bonchev–Trinajstić information content (AvgIpc) is 2.73. The fourth-order valence-corrected chi connectivity index (χ4v) is 4.71. The highest BCUT2D eigenvalue weighted by atomic mass is 31.1. The molecule has 0 fully saturated rings. The number of carbonyl (C=O) groups excluding carboxylic acids is 1. The van der Waals surface area contributed by atoms with Crippen molar-refractivity contribution in [3.8, 4) is 0 Å². The van der Waals surface area contributed by atoms with Gasteiger partial charge in [0, 0.05) is 0 Å². The summed E-state index contributed by atoms with van der Waals surface area (Å²) in [7, 11) is -2.29. The topological polar surface area (TPSA) is 69.7 Å². The SMILES string of the molecule is CC(C)Cc1ccc(C(C)(O[PH+]=O)C(=O)C(C)(O[PH+]=O)c2ccc(CC(C)C)cc2)cc1. The fourth-order valence-electron chi connectivity index (χ4n) is 3.96. The molecule has 0 saturated carbocycles. The molecule has 0 aliphatic rings. The minimum atomic E-state index is -1.54. The first-order chi connectivity index (χ1) is 15.1. The zero-order chi connectivity index (χ0) is 23.9. The maximum Gasteiger partial charge on any atom is 0.495 e. The summed E-state index contributed by atoms with van der Waals surface area (Å²) in [5.74, 6) is 0.535. The molecule has 0 aliphatic carbocycles. The van der Waals surface area contributed by atoms with Crippen LogP contribution in [0.2, 0.25) is 0 Å². The van der Waals surface area contributed by atoms with Crippen molar-refractivity contribution in [2.24, 2.45) is 11.8 Å². The van der Waals surface area contributed by atoms with Crippen LogP contribution < -0.4 is 0 Å². The molecule has 5 nitrogen and oxygen atoms in total. The highest BCUT2D eigenvalue weighted by Crippen LogP contribution is 2.41. The van der Waals surface area contributed by atoms with Crippen LogP contribution in [0.15, 0.2) is 48.5 Å². The quantitative estimate of drug-likeness (QED) is 0.319. The van der Waals surface area contributed by atoms with Gasteiger partial charge in [0.05, 0.1) is 0 Å². The lowest BCUT2D eigenvalue weighted by atomic mass is 9.79. The number of ketones is 1. The lowest BCUT2D eigenvalue weighted by molar-refractivity contribution is -0.149. The van der Waals surface area contributed by atoms with Crippen LogP contribution in [0.4, 0.5) is 0 Å². The number of carbonyl (C=O) groups is 1. The van der Waals surface area contributed by atoms with Crippen LogP contribution in [0.3, 0.4) is 0 Å². The van der Waals surface area contributed by atoms with E-state index in [9.17, 15) is 13.9 Å². The molecule has 2 aromatic carbocycles. The van der Waals surface area contributed by atoms with Crippen molar-refractivity contribution in [1.82, 2.24) is 0 Å². The number of hydrogen-bond donors (Lipinski definition) is 0. The zero-order valence-corrected chi connectivity index (χ0v) is 21.7. The molecule has 2 rings (SSSR count). The van der Waals surface area contributed by atoms with E-state index in [0.717, 1.165) is 24.0 Å². The minimum Gasteiger partial charge on any atom is -0.292 e. The normalized spacial score (nSPS) is 15.8. The summed E-state index contributed by atoms with van der Waals surface area (Å²) in [6, 6.07) is 15.1. The fraction of sp³-hybridized carbons (Fsp3) is 0.480. The van der Waals surface area contributed by atoms with Gasteiger partial charge in [-0.3, -0.25) is 4.79 Å². The lowest BCUT2D eigenvalue weighted by Gasteiger charge is -2.31. The summed E-state index contributed by atoms with van der Waals surface area (Å²) in [6.07, 6.45) is 1.83. The molecular formula is C25H34O5P2+2. The zero-order valence-electron chi connectivity index (χ0n) is 19.7. The number of hydrogen-bond acceptors (Lipinski definition) is 5. The minimum absolute atomic E-state index is 0.468. The van der Waals surface area contributed by atoms with Crippen molar-refractivity contribution in [2.45, 2.75) is 65.6 Å². The Morgan fingerprint density at radius 3 is 1.28 bits per heavy atom. The molecule has 0 radical (unpaired) electrons. The Morgan fingerprint density at radius 1 is 0.719 bits per heavy atom. The summed E-state index contributed by atoms with van der Waals surface area (Å²) < 4.78 is 34.2. The molecule has 0 spiro atoms. The smallest absolute Gasteiger partial charge is 0.292 e. The van der Waals surface area contributed by atoms with Gasteiger partial charge in [-0.25, -0.2) is 0 Å². The third-order valence-electron chi connectivity index (χ3n) is 5.66. The number of Topliss-reactive ketones (excluding diaryl/α,β-unsaturated/α-hetero) is 1. The van der Waals surface area contributed by atoms with Gasteiger partial charge in [0.15, 0.2) is 0 Å². The van der Waals surface area contributed by atoms with E-state index >= 15 is 0 Å². The van der Waals surface area contributed by atoms with Crippen molar-refractivity contribution in [1.29, 1.82) is 0 Å². The van der Waals surface area contributed by atoms with E-state index in [2.05, 4.69) is 27.7 Å². The predicted molar refractivity (Wildman–Crippen MR) is 130 cm³/mol. The first kappa shape index (κ1) is 26.5. The van der Waals surface area contributed by atoms with E-state index < -0.39 is 34.4 Å². The Bertz CT molecular complexity index is 849. The molecule has 0 N–H and O–H groups in total. The largest absolute Gasteiger partial charge is 0.495 e. The molecular weight excluding hydrogens is 442 g/mol. The molecule has 7 heteroatoms. The maximum absolute atomic E-state index is 13.9. The van der Waals surface area contributed by atoms with Crippen LogP contribution in [0.25, 0.3) is 0 Å². The van der Waals surface area contributed by atoms with Gasteiger partial charge in [0.25, 0.3) is 0 Å². The second kappa shape index (κ2) is 11.4. The van der Waals surface area contributed by atoms with Crippen LogP contribution in [-0.2, 0) is 47.0 Å². The Hall–Kier alpha value is -1.77. The first-order valence-electron chi connectivity index (χ1n) is 10.9. The van der Waals surface area contributed by atoms with Gasteiger partial charge >= 0.3 is 17.4 Å². The van der Waals surface area contributed by atoms with E-state index in [1.165, 1.54) is 0 Å². The Morgan fingerprint density at radius 2 is 1.03 bits per heavy atom. The van der Waals surface area contributed by atoms with Gasteiger partial charge in [-0.2, -0.15) is 0 Å². The molecule has 172 valence electrons. The summed E-state index contributed by atoms with van der Waals surface area (Å²) in [4.78, 5) is 13.9. The number of benzene rings is 2. The van der Waals surface area contributed by atoms with Crippen molar-refractivity contribution in [3.05, 3.63) is 70.8 Å². The van der Waals surface area contributed by atoms with Gasteiger partial charge in [0.1, 0.15) is 0 Å². The van der Waals surface area contributed by atoms with Crippen LogP contribution in [0, 0.1) is 11.8 Å². The molecule has 0 heterocycles. The molecule has 0 aromatic heterocycles. The lowest BCUT2D eigenvalue weighted by Crippen LogP contribution is -2.47. The maximum atomic E-state index is 13.9. The molecule has 4 atom stereocenters. The van der Waals surface area contributed by atoms with Crippen LogP contribution >= 0.6 is 17.4 Å². The summed E-state index contributed by atoms with van der Waals surface area (Å²) in [5.41, 5.74) is 0.342. The molecule has 2 aromatic rings. The van der Waals surface area contributed by atoms with Gasteiger partial charge in [-0.15, -0.1) is 9.05 Å². The van der Waals surface area contributed by atoms with E-state index in [1.807, 2.05) is 48.5 Å². The second-order valence-electron chi connectivity index (χ2n) is 9.36. The summed E-state index contributed by atoms with van der Waals surface area (Å²) in [5, 5.41) is 0. The van der Waals surface area contributed by atoms with E-state index in [-0.39, 0.29) is 0 Å². The monoisotopic (exact) mass is 476 g/mol. The van der Waals surface area contributed by atoms with Crippen LogP contribution in [0.5, 0.6) is 0 Å². The molecule has 0 bridgehead atoms. The molecule has 0 aliphatic heterocycles. The predicted octanol–water partition coefficient (Wildman–Crippen LogP) is 6.69. The van der Waals surface area contributed by atoms with E-state index in [1.54, 1.807) is 13.8 Å². The molecule has 0 saturated heterocycles. The van der Waals surface area contributed by atoms with E-state index in [4.69, 9.17) is 9.05 Å². The molecule has 0 amide bonds. The van der Waals surface area contributed by atoms with Gasteiger partial charge < -0.3 is 0 Å².